The SMILES string of the molecule is CC1(C)c2ccccc2N2c3ccc(N(c4cccc(-c5ccccc5)c4)c4cccc(-c5ccccc5)c4)cc3C(C)(C)c3cccc1c32. The molecule has 7 aromatic carbocycles. The van der Waals surface area contributed by atoms with Gasteiger partial charge in [0.1, 0.15) is 0 Å². The van der Waals surface area contributed by atoms with Gasteiger partial charge in [0, 0.05) is 27.9 Å². The highest BCUT2D eigenvalue weighted by Crippen LogP contribution is 2.60. The first kappa shape index (κ1) is 30.2. The molecule has 0 spiro atoms. The zero-order valence-electron chi connectivity index (χ0n) is 29.1. The van der Waals surface area contributed by atoms with Crippen LogP contribution in [0.15, 0.2) is 170 Å². The van der Waals surface area contributed by atoms with Gasteiger partial charge in [-0.15, -0.1) is 0 Å². The number of hydrogen-bond donors (Lipinski definition) is 0. The van der Waals surface area contributed by atoms with Crippen molar-refractivity contribution in [2.24, 2.45) is 0 Å². The largest absolute Gasteiger partial charge is 0.310 e. The molecule has 0 radical (unpaired) electrons. The number of benzene rings is 7. The Hall–Kier alpha value is -5.86. The molecule has 0 fully saturated rings. The van der Waals surface area contributed by atoms with Crippen molar-refractivity contribution in [2.75, 3.05) is 9.80 Å². The van der Waals surface area contributed by atoms with Gasteiger partial charge in [-0.25, -0.2) is 0 Å². The molecule has 2 aliphatic heterocycles. The lowest BCUT2D eigenvalue weighted by Crippen LogP contribution is -2.38. The molecular formula is C48H40N2. The molecule has 0 amide bonds. The first-order chi connectivity index (χ1) is 24.3. The second-order valence-electron chi connectivity index (χ2n) is 14.7. The molecule has 0 bridgehead atoms. The van der Waals surface area contributed by atoms with Crippen molar-refractivity contribution < 1.29 is 0 Å². The molecule has 0 saturated heterocycles. The van der Waals surface area contributed by atoms with E-state index in [1.165, 1.54) is 61.6 Å². The van der Waals surface area contributed by atoms with Crippen LogP contribution in [-0.2, 0) is 10.8 Å². The normalized spacial score (nSPS) is 14.7. The first-order valence-electron chi connectivity index (χ1n) is 17.6. The number of nitrogens with zero attached hydrogens (tertiary/aromatic N) is 2. The molecule has 7 aromatic rings. The van der Waals surface area contributed by atoms with Crippen molar-refractivity contribution in [1.29, 1.82) is 0 Å². The second-order valence-corrected chi connectivity index (χ2v) is 14.7. The predicted molar refractivity (Wildman–Crippen MR) is 211 cm³/mol. The third kappa shape index (κ3) is 4.63. The molecule has 0 unspecified atom stereocenters. The first-order valence-corrected chi connectivity index (χ1v) is 17.6. The highest BCUT2D eigenvalue weighted by molar-refractivity contribution is 5.94. The molecule has 0 saturated carbocycles. The molecule has 0 aromatic heterocycles. The van der Waals surface area contributed by atoms with E-state index in [0.717, 1.165) is 17.1 Å². The van der Waals surface area contributed by atoms with Gasteiger partial charge in [0.05, 0.1) is 17.1 Å². The molecular weight excluding hydrogens is 605 g/mol. The molecule has 9 rings (SSSR count). The maximum Gasteiger partial charge on any atom is 0.0543 e. The Labute approximate surface area is 295 Å². The van der Waals surface area contributed by atoms with Crippen molar-refractivity contribution >= 4 is 34.1 Å². The minimum atomic E-state index is -0.223. The summed E-state index contributed by atoms with van der Waals surface area (Å²) < 4.78 is 0. The monoisotopic (exact) mass is 644 g/mol. The molecule has 2 heterocycles. The van der Waals surface area contributed by atoms with E-state index in [1.54, 1.807) is 0 Å². The van der Waals surface area contributed by atoms with Crippen LogP contribution in [0.25, 0.3) is 22.3 Å². The van der Waals surface area contributed by atoms with Crippen LogP contribution in [0.4, 0.5) is 34.1 Å². The fourth-order valence-corrected chi connectivity index (χ4v) is 8.37. The summed E-state index contributed by atoms with van der Waals surface area (Å²) in [5.41, 5.74) is 17.1. The Morgan fingerprint density at radius 1 is 0.360 bits per heavy atom. The summed E-state index contributed by atoms with van der Waals surface area (Å²) in [6.07, 6.45) is 0. The predicted octanol–water partition coefficient (Wildman–Crippen LogP) is 13.2. The van der Waals surface area contributed by atoms with Gasteiger partial charge in [0.25, 0.3) is 0 Å². The average Bonchev–Trinajstić information content (AvgIpc) is 3.16. The van der Waals surface area contributed by atoms with Gasteiger partial charge in [-0.2, -0.15) is 0 Å². The third-order valence-electron chi connectivity index (χ3n) is 11.0. The Morgan fingerprint density at radius 2 is 0.800 bits per heavy atom. The van der Waals surface area contributed by atoms with Crippen molar-refractivity contribution in [3.05, 3.63) is 192 Å². The number of fused-ring (bicyclic) bond motifs is 4. The van der Waals surface area contributed by atoms with Crippen LogP contribution in [0.3, 0.4) is 0 Å². The summed E-state index contributed by atoms with van der Waals surface area (Å²) in [7, 11) is 0. The van der Waals surface area contributed by atoms with Crippen LogP contribution >= 0.6 is 0 Å². The van der Waals surface area contributed by atoms with E-state index in [0.29, 0.717) is 0 Å². The fourth-order valence-electron chi connectivity index (χ4n) is 8.37. The average molecular weight is 645 g/mol. The summed E-state index contributed by atoms with van der Waals surface area (Å²) in [5.74, 6) is 0. The molecule has 0 atom stereocenters. The van der Waals surface area contributed by atoms with Gasteiger partial charge < -0.3 is 9.80 Å². The molecule has 0 aliphatic carbocycles. The van der Waals surface area contributed by atoms with Crippen LogP contribution in [0, 0.1) is 0 Å². The maximum atomic E-state index is 2.53. The lowest BCUT2D eigenvalue weighted by atomic mass is 9.66. The Bertz CT molecular complexity index is 2300. The smallest absolute Gasteiger partial charge is 0.0543 e. The highest BCUT2D eigenvalue weighted by Gasteiger charge is 2.45. The van der Waals surface area contributed by atoms with Gasteiger partial charge >= 0.3 is 0 Å². The topological polar surface area (TPSA) is 6.48 Å². The van der Waals surface area contributed by atoms with Crippen LogP contribution in [0.2, 0.25) is 0 Å². The van der Waals surface area contributed by atoms with Crippen LogP contribution in [0.1, 0.15) is 49.9 Å². The van der Waals surface area contributed by atoms with E-state index in [4.69, 9.17) is 0 Å². The standard InChI is InChI=1S/C48H40N2/c1-47(2)40-24-11-12-27-44(40)50-45-29-28-39(32-43(45)48(3,4)42-26-15-25-41(47)46(42)50)49(37-22-13-20-35(30-37)33-16-7-5-8-17-33)38-23-14-21-36(31-38)34-18-9-6-10-19-34/h5-32H,1-4H3. The summed E-state index contributed by atoms with van der Waals surface area (Å²) >= 11 is 0. The van der Waals surface area contributed by atoms with E-state index < -0.39 is 0 Å². The lowest BCUT2D eigenvalue weighted by Gasteiger charge is -2.49. The van der Waals surface area contributed by atoms with E-state index in [1.807, 2.05) is 0 Å². The Morgan fingerprint density at radius 3 is 1.40 bits per heavy atom. The molecule has 242 valence electrons. The van der Waals surface area contributed by atoms with Gasteiger partial charge in [0.15, 0.2) is 0 Å². The summed E-state index contributed by atoms with van der Waals surface area (Å²) in [6, 6.07) is 62.2. The van der Waals surface area contributed by atoms with E-state index in [2.05, 4.69) is 207 Å². The van der Waals surface area contributed by atoms with E-state index >= 15 is 0 Å². The van der Waals surface area contributed by atoms with Gasteiger partial charge in [-0.3, -0.25) is 0 Å². The Balaban J connectivity index is 1.26. The van der Waals surface area contributed by atoms with Crippen LogP contribution < -0.4 is 9.80 Å². The van der Waals surface area contributed by atoms with Crippen molar-refractivity contribution in [3.8, 4) is 22.3 Å². The summed E-state index contributed by atoms with van der Waals surface area (Å²) in [6.45, 7) is 9.53. The lowest BCUT2D eigenvalue weighted by molar-refractivity contribution is 0.597. The molecule has 50 heavy (non-hydrogen) atoms. The minimum absolute atomic E-state index is 0.101. The molecule has 0 N–H and O–H groups in total. The molecule has 2 aliphatic rings. The number of hydrogen-bond acceptors (Lipinski definition) is 2. The highest BCUT2D eigenvalue weighted by atomic mass is 15.2. The fraction of sp³-hybridized carbons (Fsp3) is 0.125. The number of anilines is 6. The van der Waals surface area contributed by atoms with Crippen molar-refractivity contribution in [1.82, 2.24) is 0 Å². The van der Waals surface area contributed by atoms with Crippen LogP contribution in [0.5, 0.6) is 0 Å². The van der Waals surface area contributed by atoms with Gasteiger partial charge in [0.2, 0.25) is 0 Å². The second kappa shape index (κ2) is 11.4. The number of rotatable bonds is 5. The number of para-hydroxylation sites is 2. The quantitative estimate of drug-likeness (QED) is 0.184. The van der Waals surface area contributed by atoms with Gasteiger partial charge in [-0.05, 0) is 93.0 Å². The summed E-state index contributed by atoms with van der Waals surface area (Å²) in [4.78, 5) is 4.96. The molecule has 2 nitrogen and oxygen atoms in total. The zero-order chi connectivity index (χ0) is 34.0. The zero-order valence-corrected chi connectivity index (χ0v) is 29.1. The molecule has 2 heteroatoms. The maximum absolute atomic E-state index is 2.53. The third-order valence-corrected chi connectivity index (χ3v) is 11.0. The van der Waals surface area contributed by atoms with Crippen molar-refractivity contribution in [2.45, 2.75) is 38.5 Å². The van der Waals surface area contributed by atoms with E-state index in [-0.39, 0.29) is 10.8 Å². The van der Waals surface area contributed by atoms with E-state index in [9.17, 15) is 0 Å². The van der Waals surface area contributed by atoms with Crippen molar-refractivity contribution in [3.63, 3.8) is 0 Å². The minimum Gasteiger partial charge on any atom is -0.310 e. The van der Waals surface area contributed by atoms with Gasteiger partial charge in [-0.1, -0.05) is 149 Å². The van der Waals surface area contributed by atoms with Crippen LogP contribution in [-0.4, -0.2) is 0 Å². The summed E-state index contributed by atoms with van der Waals surface area (Å²) in [5, 5.41) is 0. The Kier molecular flexibility index (Phi) is 6.86.